The summed E-state index contributed by atoms with van der Waals surface area (Å²) >= 11 is 0. The van der Waals surface area contributed by atoms with E-state index >= 15 is 0 Å². The van der Waals surface area contributed by atoms with E-state index in [0.29, 0.717) is 0 Å². The van der Waals surface area contributed by atoms with Crippen molar-refractivity contribution in [2.24, 2.45) is 0 Å². The lowest BCUT2D eigenvalue weighted by molar-refractivity contribution is 0.0697. The fourth-order valence-electron chi connectivity index (χ4n) is 1.37. The lowest BCUT2D eigenvalue weighted by Gasteiger charge is -2.08. The van der Waals surface area contributed by atoms with Crippen molar-refractivity contribution < 1.29 is 14.3 Å². The molecule has 0 aliphatic rings. The van der Waals surface area contributed by atoms with E-state index in [0.717, 1.165) is 0 Å². The molecule has 86 valence electrons. The third-order valence-corrected chi connectivity index (χ3v) is 2.17. The number of hydrogen-bond acceptors (Lipinski definition) is 3. The van der Waals surface area contributed by atoms with Crippen LogP contribution in [0.5, 0.6) is 0 Å². The summed E-state index contributed by atoms with van der Waals surface area (Å²) < 4.78 is 13.4. The molecule has 0 bridgehead atoms. The Hall–Kier alpha value is -2.43. The normalized spacial score (nSPS) is 9.94. The summed E-state index contributed by atoms with van der Waals surface area (Å²) in [6, 6.07) is 8.90. The van der Waals surface area contributed by atoms with Gasteiger partial charge in [0.15, 0.2) is 0 Å². The van der Waals surface area contributed by atoms with Crippen LogP contribution < -0.4 is 5.32 Å². The van der Waals surface area contributed by atoms with Crippen LogP contribution in [0.3, 0.4) is 0 Å². The number of aromatic nitrogens is 1. The third-order valence-electron chi connectivity index (χ3n) is 2.17. The maximum atomic E-state index is 13.4. The summed E-state index contributed by atoms with van der Waals surface area (Å²) in [7, 11) is 0. The monoisotopic (exact) mass is 232 g/mol. The van der Waals surface area contributed by atoms with Crippen LogP contribution in [-0.4, -0.2) is 16.1 Å². The van der Waals surface area contributed by atoms with Gasteiger partial charge in [0.2, 0.25) is 0 Å². The van der Waals surface area contributed by atoms with Crippen molar-refractivity contribution in [3.8, 4) is 0 Å². The zero-order valence-corrected chi connectivity index (χ0v) is 8.72. The molecule has 4 nitrogen and oxygen atoms in total. The molecule has 0 spiro atoms. The van der Waals surface area contributed by atoms with Crippen LogP contribution in [0.25, 0.3) is 0 Å². The lowest BCUT2D eigenvalue weighted by atomic mass is 10.2. The molecule has 2 rings (SSSR count). The minimum absolute atomic E-state index is 0.00393. The van der Waals surface area contributed by atoms with Gasteiger partial charge in [0.25, 0.3) is 0 Å². The predicted molar refractivity (Wildman–Crippen MR) is 60.9 cm³/mol. The third kappa shape index (κ3) is 2.39. The van der Waals surface area contributed by atoms with Crippen molar-refractivity contribution in [1.82, 2.24) is 4.98 Å². The number of benzene rings is 1. The van der Waals surface area contributed by atoms with Gasteiger partial charge in [-0.3, -0.25) is 0 Å². The number of aromatic carboxylic acids is 1. The maximum absolute atomic E-state index is 13.4. The number of para-hydroxylation sites is 1. The first kappa shape index (κ1) is 11.1. The molecule has 0 atom stereocenters. The highest BCUT2D eigenvalue weighted by Gasteiger charge is 2.11. The van der Waals surface area contributed by atoms with Crippen molar-refractivity contribution in [1.29, 1.82) is 0 Å². The quantitative estimate of drug-likeness (QED) is 0.853. The largest absolute Gasteiger partial charge is 0.478 e. The predicted octanol–water partition coefficient (Wildman–Crippen LogP) is 2.66. The van der Waals surface area contributed by atoms with E-state index in [4.69, 9.17) is 5.11 Å². The number of anilines is 2. The van der Waals surface area contributed by atoms with Gasteiger partial charge < -0.3 is 10.4 Å². The summed E-state index contributed by atoms with van der Waals surface area (Å²) in [4.78, 5) is 14.8. The van der Waals surface area contributed by atoms with E-state index in [9.17, 15) is 9.18 Å². The molecule has 1 heterocycles. The SMILES string of the molecule is O=C(O)c1cccnc1Nc1ccccc1F. The fourth-order valence-corrected chi connectivity index (χ4v) is 1.37. The summed E-state index contributed by atoms with van der Waals surface area (Å²) in [5.74, 6) is -1.46. The number of carbonyl (C=O) groups is 1. The van der Waals surface area contributed by atoms with Gasteiger partial charge in [-0.2, -0.15) is 0 Å². The van der Waals surface area contributed by atoms with Gasteiger partial charge in [0.05, 0.1) is 5.69 Å². The zero-order valence-electron chi connectivity index (χ0n) is 8.72. The molecule has 2 N–H and O–H groups in total. The smallest absolute Gasteiger partial charge is 0.339 e. The first-order valence-corrected chi connectivity index (χ1v) is 4.88. The second-order valence-electron chi connectivity index (χ2n) is 3.31. The van der Waals surface area contributed by atoms with Crippen LogP contribution in [0.1, 0.15) is 10.4 Å². The Kier molecular flexibility index (Phi) is 3.00. The fraction of sp³-hybridized carbons (Fsp3) is 0. The molecule has 0 saturated heterocycles. The van der Waals surface area contributed by atoms with E-state index in [2.05, 4.69) is 10.3 Å². The van der Waals surface area contributed by atoms with Gasteiger partial charge in [-0.05, 0) is 24.3 Å². The standard InChI is InChI=1S/C12H9FN2O2/c13-9-5-1-2-6-10(9)15-11-8(12(16)17)4-3-7-14-11/h1-7H,(H,14,15)(H,16,17). The molecule has 1 aromatic heterocycles. The number of pyridine rings is 1. The van der Waals surface area contributed by atoms with Crippen LogP contribution in [0.2, 0.25) is 0 Å². The number of hydrogen-bond donors (Lipinski definition) is 2. The van der Waals surface area contributed by atoms with Crippen molar-refractivity contribution in [3.63, 3.8) is 0 Å². The summed E-state index contributed by atoms with van der Waals surface area (Å²) in [6.45, 7) is 0. The number of carboxylic acids is 1. The highest BCUT2D eigenvalue weighted by molar-refractivity contribution is 5.93. The van der Waals surface area contributed by atoms with Crippen LogP contribution in [0, 0.1) is 5.82 Å². The topological polar surface area (TPSA) is 62.2 Å². The average Bonchev–Trinajstić information content (AvgIpc) is 2.32. The van der Waals surface area contributed by atoms with E-state index < -0.39 is 11.8 Å². The Morgan fingerprint density at radius 3 is 2.71 bits per heavy atom. The number of halogens is 1. The second-order valence-corrected chi connectivity index (χ2v) is 3.31. The number of nitrogens with zero attached hydrogens (tertiary/aromatic N) is 1. The molecule has 2 aromatic rings. The van der Waals surface area contributed by atoms with E-state index in [1.807, 2.05) is 0 Å². The molecule has 0 aliphatic heterocycles. The van der Waals surface area contributed by atoms with Gasteiger partial charge in [0.1, 0.15) is 17.2 Å². The van der Waals surface area contributed by atoms with Gasteiger partial charge in [-0.15, -0.1) is 0 Å². The Morgan fingerprint density at radius 1 is 1.24 bits per heavy atom. The molecular formula is C12H9FN2O2. The second kappa shape index (κ2) is 4.61. The Labute approximate surface area is 96.7 Å². The molecule has 0 saturated carbocycles. The van der Waals surface area contributed by atoms with E-state index in [-0.39, 0.29) is 17.1 Å². The highest BCUT2D eigenvalue weighted by atomic mass is 19.1. The molecule has 0 unspecified atom stereocenters. The number of nitrogens with one attached hydrogen (secondary N) is 1. The molecule has 0 amide bonds. The minimum Gasteiger partial charge on any atom is -0.478 e. The van der Waals surface area contributed by atoms with Crippen molar-refractivity contribution in [2.45, 2.75) is 0 Å². The van der Waals surface area contributed by atoms with Crippen LogP contribution in [-0.2, 0) is 0 Å². The maximum Gasteiger partial charge on any atom is 0.339 e. The minimum atomic E-state index is -1.11. The van der Waals surface area contributed by atoms with Crippen LogP contribution >= 0.6 is 0 Å². The average molecular weight is 232 g/mol. The molecule has 1 aromatic carbocycles. The van der Waals surface area contributed by atoms with E-state index in [1.54, 1.807) is 12.1 Å². The van der Waals surface area contributed by atoms with Gasteiger partial charge >= 0.3 is 5.97 Å². The molecule has 0 radical (unpaired) electrons. The van der Waals surface area contributed by atoms with Gasteiger partial charge in [-0.25, -0.2) is 14.2 Å². The Morgan fingerprint density at radius 2 is 2.00 bits per heavy atom. The van der Waals surface area contributed by atoms with Gasteiger partial charge in [0, 0.05) is 6.20 Å². The number of rotatable bonds is 3. The summed E-state index contributed by atoms with van der Waals surface area (Å²) in [5.41, 5.74) is 0.185. The van der Waals surface area contributed by atoms with Crippen molar-refractivity contribution in [3.05, 3.63) is 54.0 Å². The molecular weight excluding hydrogens is 223 g/mol. The van der Waals surface area contributed by atoms with Crippen LogP contribution in [0.4, 0.5) is 15.9 Å². The Bertz CT molecular complexity index is 558. The zero-order chi connectivity index (χ0) is 12.3. The molecule has 5 heteroatoms. The van der Waals surface area contributed by atoms with E-state index in [1.165, 1.54) is 30.5 Å². The van der Waals surface area contributed by atoms with Crippen molar-refractivity contribution in [2.75, 3.05) is 5.32 Å². The first-order valence-electron chi connectivity index (χ1n) is 4.88. The Balaban J connectivity index is 2.37. The van der Waals surface area contributed by atoms with Gasteiger partial charge in [-0.1, -0.05) is 12.1 Å². The molecule has 17 heavy (non-hydrogen) atoms. The lowest BCUT2D eigenvalue weighted by Crippen LogP contribution is -2.05. The summed E-state index contributed by atoms with van der Waals surface area (Å²) in [6.07, 6.45) is 1.44. The van der Waals surface area contributed by atoms with Crippen LogP contribution in [0.15, 0.2) is 42.6 Å². The van der Waals surface area contributed by atoms with Crippen molar-refractivity contribution >= 4 is 17.5 Å². The first-order chi connectivity index (χ1) is 8.18. The molecule has 0 aliphatic carbocycles. The summed E-state index contributed by atoms with van der Waals surface area (Å²) in [5, 5.41) is 11.6. The number of carboxylic acid groups (broad SMARTS) is 1. The highest BCUT2D eigenvalue weighted by Crippen LogP contribution is 2.20. The molecule has 0 fully saturated rings.